The van der Waals surface area contributed by atoms with Gasteiger partial charge in [0.15, 0.2) is 0 Å². The van der Waals surface area contributed by atoms with E-state index in [4.69, 9.17) is 4.74 Å². The molecular weight excluding hydrogens is 366 g/mol. The molecule has 7 heteroatoms. The Morgan fingerprint density at radius 3 is 2.55 bits per heavy atom. The zero-order valence-electron chi connectivity index (χ0n) is 17.0. The van der Waals surface area contributed by atoms with Gasteiger partial charge in [-0.25, -0.2) is 4.98 Å². The average molecular weight is 396 g/mol. The summed E-state index contributed by atoms with van der Waals surface area (Å²) in [5.74, 6) is 0.761. The van der Waals surface area contributed by atoms with Crippen molar-refractivity contribution >= 4 is 23.1 Å². The Kier molecular flexibility index (Phi) is 6.27. The Morgan fingerprint density at radius 1 is 1.03 bits per heavy atom. The summed E-state index contributed by atoms with van der Waals surface area (Å²) < 4.78 is 5.45. The van der Waals surface area contributed by atoms with E-state index in [9.17, 15) is 4.79 Å². The molecule has 154 valence electrons. The molecule has 1 amide bonds. The quantitative estimate of drug-likeness (QED) is 0.838. The molecule has 0 spiro atoms. The summed E-state index contributed by atoms with van der Waals surface area (Å²) in [4.78, 5) is 24.4. The number of nitrogens with zero attached hydrogens (tertiary/aromatic N) is 4. The Hall–Kier alpha value is -2.64. The Balaban J connectivity index is 1.47. The molecule has 4 rings (SSSR count). The van der Waals surface area contributed by atoms with E-state index in [1.54, 1.807) is 12.3 Å². The predicted molar refractivity (Wildman–Crippen MR) is 116 cm³/mol. The third-order valence-corrected chi connectivity index (χ3v) is 5.66. The highest BCUT2D eigenvalue weighted by molar-refractivity contribution is 6.06. The summed E-state index contributed by atoms with van der Waals surface area (Å²) >= 11 is 0. The van der Waals surface area contributed by atoms with Gasteiger partial charge in [0.1, 0.15) is 5.82 Å². The van der Waals surface area contributed by atoms with Crippen molar-refractivity contribution in [3.63, 3.8) is 0 Å². The molecule has 2 aliphatic rings. The Labute approximate surface area is 172 Å². The number of carbonyl (C=O) groups is 1. The summed E-state index contributed by atoms with van der Waals surface area (Å²) in [6.07, 6.45) is 1.73. The number of para-hydroxylation sites is 2. The number of amides is 1. The lowest BCUT2D eigenvalue weighted by Crippen LogP contribution is -2.46. The number of anilines is 3. The summed E-state index contributed by atoms with van der Waals surface area (Å²) in [7, 11) is 0. The number of morpholine rings is 1. The topological polar surface area (TPSA) is 60.9 Å². The zero-order chi connectivity index (χ0) is 20.1. The first-order chi connectivity index (χ1) is 14.2. The van der Waals surface area contributed by atoms with Crippen molar-refractivity contribution in [1.82, 2.24) is 9.88 Å². The molecule has 2 aromatic rings. The summed E-state index contributed by atoms with van der Waals surface area (Å²) in [6.45, 7) is 10.3. The van der Waals surface area contributed by atoms with E-state index >= 15 is 0 Å². The minimum atomic E-state index is -0.110. The molecule has 3 heterocycles. The number of hydrogen-bond donors (Lipinski definition) is 1. The van der Waals surface area contributed by atoms with Crippen molar-refractivity contribution < 1.29 is 9.53 Å². The number of ether oxygens (including phenoxy) is 1. The standard InChI is InChI=1S/C22H29N5O2/c1-2-25-9-11-27(12-10-25)21-17-18(7-8-23-21)22(28)24-19-5-3-4-6-20(19)26-13-15-29-16-14-26/h3-8,17H,2,9-16H2,1H3,(H,24,28). The normalized spacial score (nSPS) is 18.0. The van der Waals surface area contributed by atoms with Gasteiger partial charge in [-0.1, -0.05) is 19.1 Å². The molecule has 7 nitrogen and oxygen atoms in total. The number of aromatic nitrogens is 1. The molecular formula is C22H29N5O2. The maximum absolute atomic E-state index is 13.0. The molecule has 1 aromatic heterocycles. The van der Waals surface area contributed by atoms with Crippen molar-refractivity contribution in [3.05, 3.63) is 48.2 Å². The fourth-order valence-corrected chi connectivity index (χ4v) is 3.88. The summed E-state index contributed by atoms with van der Waals surface area (Å²) in [5.41, 5.74) is 2.49. The number of likely N-dealkylation sites (N-methyl/N-ethyl adjacent to an activating group) is 1. The van der Waals surface area contributed by atoms with E-state index < -0.39 is 0 Å². The molecule has 0 bridgehead atoms. The zero-order valence-corrected chi connectivity index (χ0v) is 17.0. The highest BCUT2D eigenvalue weighted by Gasteiger charge is 2.19. The molecule has 0 atom stereocenters. The second kappa shape index (κ2) is 9.24. The first-order valence-corrected chi connectivity index (χ1v) is 10.4. The van der Waals surface area contributed by atoms with Gasteiger partial charge < -0.3 is 24.8 Å². The number of rotatable bonds is 5. The van der Waals surface area contributed by atoms with Gasteiger partial charge in [0.25, 0.3) is 5.91 Å². The highest BCUT2D eigenvalue weighted by Crippen LogP contribution is 2.27. The predicted octanol–water partition coefficient (Wildman–Crippen LogP) is 2.31. The molecule has 1 aromatic carbocycles. The van der Waals surface area contributed by atoms with Crippen LogP contribution in [-0.2, 0) is 4.74 Å². The van der Waals surface area contributed by atoms with Crippen LogP contribution in [0.1, 0.15) is 17.3 Å². The maximum Gasteiger partial charge on any atom is 0.255 e. The molecule has 2 saturated heterocycles. The lowest BCUT2D eigenvalue weighted by molar-refractivity contribution is 0.102. The smallest absolute Gasteiger partial charge is 0.255 e. The van der Waals surface area contributed by atoms with Crippen LogP contribution in [0.4, 0.5) is 17.2 Å². The number of carbonyl (C=O) groups excluding carboxylic acids is 1. The number of piperazine rings is 1. The molecule has 0 saturated carbocycles. The molecule has 2 aliphatic heterocycles. The molecule has 0 radical (unpaired) electrons. The fraction of sp³-hybridized carbons (Fsp3) is 0.455. The lowest BCUT2D eigenvalue weighted by Gasteiger charge is -2.34. The van der Waals surface area contributed by atoms with Gasteiger partial charge in [0, 0.05) is 51.0 Å². The van der Waals surface area contributed by atoms with Gasteiger partial charge in [-0.05, 0) is 30.8 Å². The van der Waals surface area contributed by atoms with Crippen LogP contribution in [0.2, 0.25) is 0 Å². The fourth-order valence-electron chi connectivity index (χ4n) is 3.88. The second-order valence-electron chi connectivity index (χ2n) is 7.39. The van der Waals surface area contributed by atoms with E-state index in [1.807, 2.05) is 30.3 Å². The second-order valence-corrected chi connectivity index (χ2v) is 7.39. The average Bonchev–Trinajstić information content (AvgIpc) is 2.80. The molecule has 29 heavy (non-hydrogen) atoms. The number of pyridine rings is 1. The van der Waals surface area contributed by atoms with Crippen LogP contribution < -0.4 is 15.1 Å². The number of hydrogen-bond acceptors (Lipinski definition) is 6. The first-order valence-electron chi connectivity index (χ1n) is 10.4. The van der Waals surface area contributed by atoms with Crippen LogP contribution in [-0.4, -0.2) is 74.8 Å². The van der Waals surface area contributed by atoms with Crippen LogP contribution in [0, 0.1) is 0 Å². The SMILES string of the molecule is CCN1CCN(c2cc(C(=O)Nc3ccccc3N3CCOCC3)ccn2)CC1. The summed E-state index contributed by atoms with van der Waals surface area (Å²) in [5, 5.41) is 3.09. The molecule has 0 unspecified atom stereocenters. The van der Waals surface area contributed by atoms with E-state index in [2.05, 4.69) is 31.9 Å². The lowest BCUT2D eigenvalue weighted by atomic mass is 10.2. The van der Waals surface area contributed by atoms with Crippen molar-refractivity contribution in [2.24, 2.45) is 0 Å². The minimum Gasteiger partial charge on any atom is -0.378 e. The first kappa shape index (κ1) is 19.7. The van der Waals surface area contributed by atoms with Crippen LogP contribution in [0.15, 0.2) is 42.6 Å². The van der Waals surface area contributed by atoms with Gasteiger partial charge in [-0.2, -0.15) is 0 Å². The Bertz CT molecular complexity index is 829. The van der Waals surface area contributed by atoms with E-state index in [0.29, 0.717) is 18.8 Å². The largest absolute Gasteiger partial charge is 0.378 e. The van der Waals surface area contributed by atoms with Gasteiger partial charge in [-0.3, -0.25) is 4.79 Å². The monoisotopic (exact) mass is 395 g/mol. The van der Waals surface area contributed by atoms with E-state index in [-0.39, 0.29) is 5.91 Å². The van der Waals surface area contributed by atoms with Crippen molar-refractivity contribution in [2.45, 2.75) is 6.92 Å². The Morgan fingerprint density at radius 2 is 1.79 bits per heavy atom. The highest BCUT2D eigenvalue weighted by atomic mass is 16.5. The minimum absolute atomic E-state index is 0.110. The third-order valence-electron chi connectivity index (χ3n) is 5.66. The molecule has 0 aliphatic carbocycles. The van der Waals surface area contributed by atoms with E-state index in [1.165, 1.54) is 0 Å². The van der Waals surface area contributed by atoms with Gasteiger partial charge in [0.2, 0.25) is 0 Å². The molecule has 2 fully saturated rings. The van der Waals surface area contributed by atoms with Crippen LogP contribution >= 0.6 is 0 Å². The number of nitrogens with one attached hydrogen (secondary N) is 1. The maximum atomic E-state index is 13.0. The van der Waals surface area contributed by atoms with Gasteiger partial charge >= 0.3 is 0 Å². The number of benzene rings is 1. The van der Waals surface area contributed by atoms with Crippen LogP contribution in [0.3, 0.4) is 0 Å². The molecule has 1 N–H and O–H groups in total. The summed E-state index contributed by atoms with van der Waals surface area (Å²) in [6, 6.07) is 11.6. The van der Waals surface area contributed by atoms with Crippen LogP contribution in [0.5, 0.6) is 0 Å². The van der Waals surface area contributed by atoms with Gasteiger partial charge in [0.05, 0.1) is 24.6 Å². The van der Waals surface area contributed by atoms with Gasteiger partial charge in [-0.15, -0.1) is 0 Å². The van der Waals surface area contributed by atoms with Crippen molar-refractivity contribution in [3.8, 4) is 0 Å². The van der Waals surface area contributed by atoms with Crippen molar-refractivity contribution in [2.75, 3.05) is 74.1 Å². The van der Waals surface area contributed by atoms with Crippen LogP contribution in [0.25, 0.3) is 0 Å². The third kappa shape index (κ3) is 4.68. The van der Waals surface area contributed by atoms with Crippen molar-refractivity contribution in [1.29, 1.82) is 0 Å². The van der Waals surface area contributed by atoms with E-state index in [0.717, 1.165) is 63.0 Å².